The summed E-state index contributed by atoms with van der Waals surface area (Å²) in [6, 6.07) is 11.9. The van der Waals surface area contributed by atoms with E-state index in [4.69, 9.17) is 32.7 Å². The Morgan fingerprint density at radius 3 is 2.55 bits per heavy atom. The summed E-state index contributed by atoms with van der Waals surface area (Å²) >= 11 is 13.7. The SMILES string of the molecule is C=C1CCC(CN(Cc2ncc(-c3cccc(-c4cccc(NC(=O)c5ccnn(C)c5=O)c4Cl)c3Cl)nc2OC)C(=O)OCC)N1. The molecule has 244 valence electrons. The standard InChI is InChI=1S/C33H33Cl2N7O5/c1-5-47-33(45)42(17-20-13-12-19(2)38-20)18-27-31(46-4)40-26(16-36-27)23-10-6-8-21(28(23)34)22-9-7-11-25(29(22)35)39-30(43)24-14-15-37-41(3)32(24)44/h6-11,14-16,20,38H,2,5,12-13,17-18H2,1,3-4H3,(H,39,43). The number of aromatic nitrogens is 4. The highest BCUT2D eigenvalue weighted by Crippen LogP contribution is 2.41. The van der Waals surface area contributed by atoms with E-state index in [1.54, 1.807) is 54.4 Å². The van der Waals surface area contributed by atoms with E-state index in [1.807, 2.05) is 0 Å². The number of anilines is 1. The molecule has 4 aromatic rings. The molecule has 1 saturated heterocycles. The van der Waals surface area contributed by atoms with Gasteiger partial charge < -0.3 is 25.0 Å². The van der Waals surface area contributed by atoms with Crippen LogP contribution < -0.4 is 20.9 Å². The molecule has 1 fully saturated rings. The van der Waals surface area contributed by atoms with Crippen molar-refractivity contribution in [2.45, 2.75) is 32.4 Å². The molecule has 2 N–H and O–H groups in total. The fraction of sp³-hybridized carbons (Fsp3) is 0.273. The molecule has 0 saturated carbocycles. The van der Waals surface area contributed by atoms with Crippen LogP contribution in [0.25, 0.3) is 22.4 Å². The Morgan fingerprint density at radius 1 is 1.13 bits per heavy atom. The molecule has 0 bridgehead atoms. The van der Waals surface area contributed by atoms with E-state index >= 15 is 0 Å². The first-order valence-electron chi connectivity index (χ1n) is 14.8. The van der Waals surface area contributed by atoms with Gasteiger partial charge in [0.25, 0.3) is 11.5 Å². The van der Waals surface area contributed by atoms with E-state index in [-0.39, 0.29) is 35.7 Å². The third-order valence-electron chi connectivity index (χ3n) is 7.58. The highest BCUT2D eigenvalue weighted by atomic mass is 35.5. The number of ether oxygens (including phenoxy) is 2. The van der Waals surface area contributed by atoms with Crippen molar-refractivity contribution in [3.05, 3.63) is 98.8 Å². The summed E-state index contributed by atoms with van der Waals surface area (Å²) in [6.07, 6.45) is 4.17. The second kappa shape index (κ2) is 14.7. The maximum Gasteiger partial charge on any atom is 0.410 e. The number of hydrogen-bond acceptors (Lipinski definition) is 9. The number of carbonyl (C=O) groups is 2. The second-order valence-electron chi connectivity index (χ2n) is 10.7. The highest BCUT2D eigenvalue weighted by molar-refractivity contribution is 6.39. The van der Waals surface area contributed by atoms with Gasteiger partial charge in [0, 0.05) is 48.2 Å². The van der Waals surface area contributed by atoms with Crippen LogP contribution in [-0.4, -0.2) is 63.0 Å². The minimum absolute atomic E-state index is 0.0494. The maximum atomic E-state index is 12.9. The van der Waals surface area contributed by atoms with Crippen LogP contribution in [0.4, 0.5) is 10.5 Å². The average Bonchev–Trinajstić information content (AvgIpc) is 3.47. The summed E-state index contributed by atoms with van der Waals surface area (Å²) < 4.78 is 12.0. The minimum atomic E-state index is -0.624. The minimum Gasteiger partial charge on any atom is -0.480 e. The number of hydrogen-bond donors (Lipinski definition) is 2. The van der Waals surface area contributed by atoms with Gasteiger partial charge in [-0.25, -0.2) is 14.5 Å². The van der Waals surface area contributed by atoms with Crippen LogP contribution in [0, 0.1) is 0 Å². The van der Waals surface area contributed by atoms with Crippen molar-refractivity contribution in [2.75, 3.05) is 25.6 Å². The Balaban J connectivity index is 1.42. The lowest BCUT2D eigenvalue weighted by Gasteiger charge is -2.25. The smallest absolute Gasteiger partial charge is 0.410 e. The fourth-order valence-electron chi connectivity index (χ4n) is 5.23. The third kappa shape index (κ3) is 7.39. The number of carbonyl (C=O) groups excluding carboxylic acids is 2. The summed E-state index contributed by atoms with van der Waals surface area (Å²) in [4.78, 5) is 49.0. The van der Waals surface area contributed by atoms with Gasteiger partial charge in [-0.15, -0.1) is 0 Å². The topological polar surface area (TPSA) is 141 Å². The number of rotatable bonds is 10. The fourth-order valence-corrected chi connectivity index (χ4v) is 5.82. The van der Waals surface area contributed by atoms with Crippen LogP contribution in [0.15, 0.2) is 71.9 Å². The lowest BCUT2D eigenvalue weighted by atomic mass is 10.0. The van der Waals surface area contributed by atoms with Crippen molar-refractivity contribution >= 4 is 40.9 Å². The van der Waals surface area contributed by atoms with Crippen LogP contribution in [0.1, 0.15) is 35.8 Å². The zero-order valence-corrected chi connectivity index (χ0v) is 27.6. The van der Waals surface area contributed by atoms with Crippen molar-refractivity contribution in [2.24, 2.45) is 7.05 Å². The van der Waals surface area contributed by atoms with E-state index in [9.17, 15) is 14.4 Å². The molecule has 0 spiro atoms. The van der Waals surface area contributed by atoms with Gasteiger partial charge in [-0.05, 0) is 31.9 Å². The third-order valence-corrected chi connectivity index (χ3v) is 8.39. The molecule has 0 aliphatic carbocycles. The first kappa shape index (κ1) is 33.4. The Kier molecular flexibility index (Phi) is 10.4. The Labute approximate surface area is 281 Å². The molecular formula is C33H33Cl2N7O5. The summed E-state index contributed by atoms with van der Waals surface area (Å²) in [6.45, 7) is 6.49. The van der Waals surface area contributed by atoms with Crippen LogP contribution >= 0.6 is 23.2 Å². The lowest BCUT2D eigenvalue weighted by Crippen LogP contribution is -2.41. The summed E-state index contributed by atoms with van der Waals surface area (Å²) in [7, 11) is 2.94. The molecule has 47 heavy (non-hydrogen) atoms. The number of allylic oxidation sites excluding steroid dienone is 1. The first-order chi connectivity index (χ1) is 22.6. The molecule has 2 aromatic carbocycles. The Hall–Kier alpha value is -4.94. The number of methoxy groups -OCH3 is 1. The Bertz CT molecular complexity index is 1900. The molecule has 1 unspecified atom stereocenters. The largest absolute Gasteiger partial charge is 0.480 e. The van der Waals surface area contributed by atoms with Crippen LogP contribution in [-0.2, 0) is 18.3 Å². The van der Waals surface area contributed by atoms with Crippen LogP contribution in [0.2, 0.25) is 10.0 Å². The Morgan fingerprint density at radius 2 is 1.85 bits per heavy atom. The molecule has 12 nitrogen and oxygen atoms in total. The summed E-state index contributed by atoms with van der Waals surface area (Å²) in [5, 5.41) is 10.4. The molecule has 0 radical (unpaired) electrons. The molecule has 2 aromatic heterocycles. The van der Waals surface area contributed by atoms with Crippen LogP contribution in [0.5, 0.6) is 5.88 Å². The van der Waals surface area contributed by atoms with Gasteiger partial charge >= 0.3 is 6.09 Å². The summed E-state index contributed by atoms with van der Waals surface area (Å²) in [5.74, 6) is -0.395. The number of halogens is 2. The van der Waals surface area contributed by atoms with E-state index in [1.165, 1.54) is 26.4 Å². The van der Waals surface area contributed by atoms with Crippen molar-refractivity contribution in [3.8, 4) is 28.3 Å². The maximum absolute atomic E-state index is 12.9. The van der Waals surface area contributed by atoms with Crippen molar-refractivity contribution in [1.29, 1.82) is 0 Å². The van der Waals surface area contributed by atoms with Gasteiger partial charge in [-0.1, -0.05) is 60.1 Å². The highest BCUT2D eigenvalue weighted by Gasteiger charge is 2.26. The summed E-state index contributed by atoms with van der Waals surface area (Å²) in [5.41, 5.74) is 3.18. The van der Waals surface area contributed by atoms with E-state index in [2.05, 4.69) is 32.3 Å². The van der Waals surface area contributed by atoms with Gasteiger partial charge in [0.1, 0.15) is 11.3 Å². The zero-order valence-electron chi connectivity index (χ0n) is 26.0. The molecule has 3 heterocycles. The van der Waals surface area contributed by atoms with Crippen molar-refractivity contribution in [1.82, 2.24) is 30.0 Å². The van der Waals surface area contributed by atoms with Gasteiger partial charge in [0.05, 0.1) is 47.9 Å². The molecule has 1 atom stereocenters. The molecule has 2 amide bonds. The predicted octanol–water partition coefficient (Wildman–Crippen LogP) is 5.70. The molecule has 14 heteroatoms. The van der Waals surface area contributed by atoms with E-state index in [0.717, 1.165) is 23.2 Å². The monoisotopic (exact) mass is 677 g/mol. The number of amides is 2. The molecular weight excluding hydrogens is 645 g/mol. The van der Waals surface area contributed by atoms with Gasteiger partial charge in [0.15, 0.2) is 0 Å². The predicted molar refractivity (Wildman–Crippen MR) is 180 cm³/mol. The first-order valence-corrected chi connectivity index (χ1v) is 15.5. The quantitative estimate of drug-likeness (QED) is 0.216. The normalized spacial score (nSPS) is 14.0. The number of benzene rings is 2. The van der Waals surface area contributed by atoms with Crippen molar-refractivity contribution in [3.63, 3.8) is 0 Å². The van der Waals surface area contributed by atoms with Gasteiger partial charge in [-0.3, -0.25) is 14.6 Å². The van der Waals surface area contributed by atoms with E-state index < -0.39 is 17.6 Å². The number of nitrogens with zero attached hydrogens (tertiary/aromatic N) is 5. The average molecular weight is 679 g/mol. The van der Waals surface area contributed by atoms with Gasteiger partial charge in [-0.2, -0.15) is 5.10 Å². The number of nitrogens with one attached hydrogen (secondary N) is 2. The molecule has 1 aliphatic heterocycles. The second-order valence-corrected chi connectivity index (χ2v) is 11.5. The molecule has 1 aliphatic rings. The molecule has 5 rings (SSSR count). The van der Waals surface area contributed by atoms with Crippen LogP contribution in [0.3, 0.4) is 0 Å². The number of aryl methyl sites for hydroxylation is 1. The van der Waals surface area contributed by atoms with Crippen molar-refractivity contribution < 1.29 is 19.1 Å². The lowest BCUT2D eigenvalue weighted by molar-refractivity contribution is 0.0999. The van der Waals surface area contributed by atoms with E-state index in [0.29, 0.717) is 45.3 Å². The zero-order chi connectivity index (χ0) is 33.7. The van der Waals surface area contributed by atoms with Gasteiger partial charge in [0.2, 0.25) is 5.88 Å².